The van der Waals surface area contributed by atoms with E-state index in [0.717, 1.165) is 18.6 Å². The van der Waals surface area contributed by atoms with Crippen LogP contribution in [0.2, 0.25) is 0 Å². The Balaban J connectivity index is 1.81. The van der Waals surface area contributed by atoms with Gasteiger partial charge in [0.2, 0.25) is 0 Å². The van der Waals surface area contributed by atoms with Crippen LogP contribution in [0.5, 0.6) is 0 Å². The zero-order valence-corrected chi connectivity index (χ0v) is 11.9. The molecule has 1 aromatic rings. The largest absolute Gasteiger partial charge is 0.299 e. The summed E-state index contributed by atoms with van der Waals surface area (Å²) in [6.07, 6.45) is 3.17. The summed E-state index contributed by atoms with van der Waals surface area (Å²) in [6.45, 7) is 4.61. The third-order valence-corrected chi connectivity index (χ3v) is 6.61. The second-order valence-corrected chi connectivity index (χ2v) is 7.32. The number of ketones is 1. The molecule has 0 aromatic heterocycles. The molecule has 1 nitrogen and oxygen atoms in total. The summed E-state index contributed by atoms with van der Waals surface area (Å²) >= 11 is 1.85. The van der Waals surface area contributed by atoms with Crippen molar-refractivity contribution in [2.75, 3.05) is 5.75 Å². The van der Waals surface area contributed by atoms with Gasteiger partial charge in [0.25, 0.3) is 0 Å². The van der Waals surface area contributed by atoms with Crippen molar-refractivity contribution in [3.8, 4) is 0 Å². The van der Waals surface area contributed by atoms with Crippen molar-refractivity contribution in [2.24, 2.45) is 16.7 Å². The van der Waals surface area contributed by atoms with Crippen LogP contribution in [0.1, 0.15) is 33.1 Å². The summed E-state index contributed by atoms with van der Waals surface area (Å²) in [5, 5.41) is 0. The molecule has 0 spiro atoms. The SMILES string of the molecule is CC1(C)[C@@H]2CC[C@@]1(CSc1ccccc1)C(=O)C2. The Kier molecular flexibility index (Phi) is 2.81. The van der Waals surface area contributed by atoms with E-state index in [1.807, 2.05) is 17.8 Å². The smallest absolute Gasteiger partial charge is 0.140 e. The molecule has 0 unspecified atom stereocenters. The Morgan fingerprint density at radius 1 is 1.28 bits per heavy atom. The Hall–Kier alpha value is -0.760. The first-order valence-electron chi connectivity index (χ1n) is 6.77. The minimum Gasteiger partial charge on any atom is -0.299 e. The van der Waals surface area contributed by atoms with Gasteiger partial charge in [0, 0.05) is 22.5 Å². The van der Waals surface area contributed by atoms with E-state index in [-0.39, 0.29) is 10.8 Å². The normalized spacial score (nSPS) is 33.0. The summed E-state index contributed by atoms with van der Waals surface area (Å²) in [5.74, 6) is 2.10. The van der Waals surface area contributed by atoms with E-state index >= 15 is 0 Å². The number of benzene rings is 1. The molecule has 18 heavy (non-hydrogen) atoms. The van der Waals surface area contributed by atoms with Gasteiger partial charge in [-0.1, -0.05) is 32.0 Å². The van der Waals surface area contributed by atoms with Crippen LogP contribution in [0.3, 0.4) is 0 Å². The molecule has 2 fully saturated rings. The predicted molar refractivity (Wildman–Crippen MR) is 75.7 cm³/mol. The molecular formula is C16H20OS. The molecule has 3 rings (SSSR count). The van der Waals surface area contributed by atoms with E-state index in [1.165, 1.54) is 11.3 Å². The molecule has 0 heterocycles. The van der Waals surface area contributed by atoms with Crippen LogP contribution in [0.15, 0.2) is 35.2 Å². The first-order valence-corrected chi connectivity index (χ1v) is 7.76. The molecule has 0 radical (unpaired) electrons. The van der Waals surface area contributed by atoms with Crippen molar-refractivity contribution >= 4 is 17.5 Å². The molecule has 2 bridgehead atoms. The highest BCUT2D eigenvalue weighted by atomic mass is 32.2. The lowest BCUT2D eigenvalue weighted by Crippen LogP contribution is -2.38. The number of Topliss-reactive ketones (excluding diaryl/α,β-unsaturated/α-hetero) is 1. The molecule has 2 aliphatic rings. The second-order valence-electron chi connectivity index (χ2n) is 6.27. The van der Waals surface area contributed by atoms with Gasteiger partial charge in [0.15, 0.2) is 0 Å². The summed E-state index contributed by atoms with van der Waals surface area (Å²) in [4.78, 5) is 13.7. The third kappa shape index (κ3) is 1.58. The Morgan fingerprint density at radius 3 is 2.56 bits per heavy atom. The maximum Gasteiger partial charge on any atom is 0.140 e. The summed E-state index contributed by atoms with van der Waals surface area (Å²) in [5.41, 5.74) is 0.143. The maximum atomic E-state index is 12.4. The van der Waals surface area contributed by atoms with Crippen molar-refractivity contribution in [2.45, 2.75) is 38.0 Å². The Bertz CT molecular complexity index is 465. The number of hydrogen-bond acceptors (Lipinski definition) is 2. The van der Waals surface area contributed by atoms with E-state index < -0.39 is 0 Å². The second kappa shape index (κ2) is 4.12. The van der Waals surface area contributed by atoms with E-state index in [9.17, 15) is 4.79 Å². The van der Waals surface area contributed by atoms with Gasteiger partial charge in [-0.15, -0.1) is 11.8 Å². The highest BCUT2D eigenvalue weighted by Gasteiger charge is 2.63. The zero-order valence-electron chi connectivity index (χ0n) is 11.1. The molecule has 2 heteroatoms. The van der Waals surface area contributed by atoms with Crippen LogP contribution in [-0.4, -0.2) is 11.5 Å². The summed E-state index contributed by atoms with van der Waals surface area (Å²) < 4.78 is 0. The van der Waals surface area contributed by atoms with Crippen molar-refractivity contribution in [1.29, 1.82) is 0 Å². The van der Waals surface area contributed by atoms with E-state index in [4.69, 9.17) is 0 Å². The Morgan fingerprint density at radius 2 is 2.00 bits per heavy atom. The van der Waals surface area contributed by atoms with Crippen LogP contribution in [0.25, 0.3) is 0 Å². The lowest BCUT2D eigenvalue weighted by Gasteiger charge is -2.36. The summed E-state index contributed by atoms with van der Waals surface area (Å²) in [6, 6.07) is 10.5. The van der Waals surface area contributed by atoms with Gasteiger partial charge in [0.05, 0.1) is 0 Å². The zero-order chi connectivity index (χ0) is 12.8. The predicted octanol–water partition coefficient (Wildman–Crippen LogP) is 4.17. The third-order valence-electron chi connectivity index (χ3n) is 5.37. The molecule has 96 valence electrons. The van der Waals surface area contributed by atoms with Gasteiger partial charge < -0.3 is 0 Å². The lowest BCUT2D eigenvalue weighted by molar-refractivity contribution is -0.127. The average Bonchev–Trinajstić information content (AvgIpc) is 2.72. The van der Waals surface area contributed by atoms with Gasteiger partial charge in [-0.2, -0.15) is 0 Å². The Labute approximate surface area is 113 Å². The highest BCUT2D eigenvalue weighted by Crippen LogP contribution is 2.65. The van der Waals surface area contributed by atoms with Crippen LogP contribution in [0, 0.1) is 16.7 Å². The minimum atomic E-state index is -0.0574. The standard InChI is InChI=1S/C16H20OS/c1-15(2)12-8-9-16(15,14(17)10-12)11-18-13-6-4-3-5-7-13/h3-7,12H,8-11H2,1-2H3/t12-,16-/m1/s1. The minimum absolute atomic E-state index is 0.0574. The van der Waals surface area contributed by atoms with Crippen molar-refractivity contribution in [3.05, 3.63) is 30.3 Å². The van der Waals surface area contributed by atoms with Gasteiger partial charge in [0.1, 0.15) is 5.78 Å². The number of thioether (sulfide) groups is 1. The number of carbonyl (C=O) groups is 1. The molecule has 0 saturated heterocycles. The molecule has 2 atom stereocenters. The monoisotopic (exact) mass is 260 g/mol. The number of carbonyl (C=O) groups excluding carboxylic acids is 1. The van der Waals surface area contributed by atoms with Crippen LogP contribution < -0.4 is 0 Å². The van der Waals surface area contributed by atoms with Crippen molar-refractivity contribution in [3.63, 3.8) is 0 Å². The van der Waals surface area contributed by atoms with Gasteiger partial charge >= 0.3 is 0 Å². The van der Waals surface area contributed by atoms with E-state index in [2.05, 4.69) is 38.1 Å². The molecule has 0 aliphatic heterocycles. The fourth-order valence-corrected chi connectivity index (χ4v) is 5.27. The molecular weight excluding hydrogens is 240 g/mol. The van der Waals surface area contributed by atoms with E-state index in [1.54, 1.807) is 0 Å². The fraction of sp³-hybridized carbons (Fsp3) is 0.562. The lowest BCUT2D eigenvalue weighted by atomic mass is 9.70. The van der Waals surface area contributed by atoms with Crippen LogP contribution >= 0.6 is 11.8 Å². The number of fused-ring (bicyclic) bond motifs is 2. The molecule has 0 N–H and O–H groups in total. The molecule has 2 saturated carbocycles. The average molecular weight is 260 g/mol. The molecule has 1 aromatic carbocycles. The fourth-order valence-electron chi connectivity index (χ4n) is 3.83. The van der Waals surface area contributed by atoms with E-state index in [0.29, 0.717) is 11.7 Å². The van der Waals surface area contributed by atoms with Crippen LogP contribution in [-0.2, 0) is 4.79 Å². The van der Waals surface area contributed by atoms with Crippen molar-refractivity contribution < 1.29 is 4.79 Å². The van der Waals surface area contributed by atoms with Gasteiger partial charge in [-0.25, -0.2) is 0 Å². The topological polar surface area (TPSA) is 17.1 Å². The number of rotatable bonds is 3. The molecule has 0 amide bonds. The summed E-state index contributed by atoms with van der Waals surface area (Å²) in [7, 11) is 0. The maximum absolute atomic E-state index is 12.4. The van der Waals surface area contributed by atoms with Crippen molar-refractivity contribution in [1.82, 2.24) is 0 Å². The first kappa shape index (κ1) is 12.3. The highest BCUT2D eigenvalue weighted by molar-refractivity contribution is 7.99. The van der Waals surface area contributed by atoms with Crippen LogP contribution in [0.4, 0.5) is 0 Å². The van der Waals surface area contributed by atoms with Gasteiger partial charge in [-0.3, -0.25) is 4.79 Å². The first-order chi connectivity index (χ1) is 8.56. The molecule has 2 aliphatic carbocycles. The number of hydrogen-bond donors (Lipinski definition) is 0. The quantitative estimate of drug-likeness (QED) is 0.759. The van der Waals surface area contributed by atoms with Gasteiger partial charge in [-0.05, 0) is 36.3 Å².